The maximum Gasteiger partial charge on any atom is 0.232 e. The smallest absolute Gasteiger partial charge is 0.232 e. The van der Waals surface area contributed by atoms with E-state index < -0.39 is 0 Å². The molecular weight excluding hydrogens is 386 g/mol. The lowest BCUT2D eigenvalue weighted by molar-refractivity contribution is -0.119. The fourth-order valence-electron chi connectivity index (χ4n) is 3.64. The molecule has 29 heavy (non-hydrogen) atoms. The highest BCUT2D eigenvalue weighted by atomic mass is 32.2. The lowest BCUT2D eigenvalue weighted by Gasteiger charge is -2.12. The second kappa shape index (κ2) is 9.91. The number of hydrogen-bond acceptors (Lipinski definition) is 5. The van der Waals surface area contributed by atoms with E-state index in [-0.39, 0.29) is 18.2 Å². The number of aryl methyl sites for hydroxylation is 2. The molecule has 0 bridgehead atoms. The minimum Gasteiger partial charge on any atom is -0.353 e. The number of thioether (sulfide) groups is 1. The number of nitrogens with one attached hydrogen (secondary N) is 2. The summed E-state index contributed by atoms with van der Waals surface area (Å²) < 4.78 is 1.90. The Morgan fingerprint density at radius 3 is 2.62 bits per heavy atom. The Bertz CT molecular complexity index is 874. The molecule has 0 spiro atoms. The Balaban J connectivity index is 1.56. The van der Waals surface area contributed by atoms with E-state index in [4.69, 9.17) is 0 Å². The van der Waals surface area contributed by atoms with Crippen LogP contribution in [0, 0.1) is 13.8 Å². The van der Waals surface area contributed by atoms with Crippen molar-refractivity contribution in [2.24, 2.45) is 0 Å². The van der Waals surface area contributed by atoms with Gasteiger partial charge in [0.25, 0.3) is 0 Å². The van der Waals surface area contributed by atoms with Crippen LogP contribution in [0.5, 0.6) is 0 Å². The van der Waals surface area contributed by atoms with Gasteiger partial charge in [0.15, 0.2) is 5.16 Å². The van der Waals surface area contributed by atoms with E-state index in [0.29, 0.717) is 29.3 Å². The number of amides is 2. The summed E-state index contributed by atoms with van der Waals surface area (Å²) in [5.41, 5.74) is 2.99. The summed E-state index contributed by atoms with van der Waals surface area (Å²) in [6, 6.07) is 6.24. The minimum absolute atomic E-state index is 0.0293. The van der Waals surface area contributed by atoms with Crippen molar-refractivity contribution in [1.29, 1.82) is 0 Å². The van der Waals surface area contributed by atoms with E-state index in [2.05, 4.69) is 20.8 Å². The van der Waals surface area contributed by atoms with Crippen molar-refractivity contribution in [3.8, 4) is 0 Å². The number of nitrogens with zero attached hydrogens (tertiary/aromatic N) is 3. The second-order valence-corrected chi connectivity index (χ2v) is 8.47. The first-order valence-electron chi connectivity index (χ1n) is 10.2. The van der Waals surface area contributed by atoms with Crippen LogP contribution < -0.4 is 10.6 Å². The third-order valence-electron chi connectivity index (χ3n) is 5.14. The number of carbonyl (C=O) groups is 2. The Morgan fingerprint density at radius 1 is 1.17 bits per heavy atom. The fourth-order valence-corrected chi connectivity index (χ4v) is 4.47. The second-order valence-electron chi connectivity index (χ2n) is 7.52. The van der Waals surface area contributed by atoms with Crippen LogP contribution in [-0.2, 0) is 22.6 Å². The Kier molecular flexibility index (Phi) is 7.30. The molecule has 1 aromatic carbocycles. The van der Waals surface area contributed by atoms with Gasteiger partial charge in [-0.25, -0.2) is 0 Å². The summed E-state index contributed by atoms with van der Waals surface area (Å²) in [7, 11) is 0. The van der Waals surface area contributed by atoms with Crippen molar-refractivity contribution in [2.45, 2.75) is 70.6 Å². The lowest BCUT2D eigenvalue weighted by Crippen LogP contribution is -2.33. The highest BCUT2D eigenvalue weighted by Crippen LogP contribution is 2.21. The third kappa shape index (κ3) is 5.82. The lowest BCUT2D eigenvalue weighted by atomic mass is 10.1. The van der Waals surface area contributed by atoms with Crippen LogP contribution in [0.15, 0.2) is 23.4 Å². The summed E-state index contributed by atoms with van der Waals surface area (Å²) in [4.78, 5) is 24.7. The van der Waals surface area contributed by atoms with Crippen LogP contribution >= 0.6 is 11.8 Å². The molecule has 1 aromatic heterocycles. The number of rotatable bonds is 8. The van der Waals surface area contributed by atoms with Gasteiger partial charge in [-0.2, -0.15) is 0 Å². The molecule has 2 amide bonds. The summed E-state index contributed by atoms with van der Waals surface area (Å²) in [6.45, 7) is 6.63. The third-order valence-corrected chi connectivity index (χ3v) is 6.10. The molecule has 1 saturated carbocycles. The maximum absolute atomic E-state index is 12.5. The Morgan fingerprint density at radius 2 is 1.93 bits per heavy atom. The van der Waals surface area contributed by atoms with Gasteiger partial charge >= 0.3 is 0 Å². The van der Waals surface area contributed by atoms with Crippen molar-refractivity contribution >= 4 is 29.3 Å². The van der Waals surface area contributed by atoms with Crippen LogP contribution in [0.25, 0.3) is 0 Å². The van der Waals surface area contributed by atoms with Crippen LogP contribution in [-0.4, -0.2) is 38.4 Å². The fraction of sp³-hybridized carbons (Fsp3) is 0.524. The van der Waals surface area contributed by atoms with Crippen LogP contribution in [0.3, 0.4) is 0 Å². The van der Waals surface area contributed by atoms with Gasteiger partial charge in [-0.3, -0.25) is 9.59 Å². The van der Waals surface area contributed by atoms with Crippen molar-refractivity contribution < 1.29 is 9.59 Å². The van der Waals surface area contributed by atoms with Gasteiger partial charge < -0.3 is 15.2 Å². The SMILES string of the molecule is CCn1c(CC(=O)Nc2ccc(C)cc2C)nnc1SCC(=O)NC1CCCC1. The van der Waals surface area contributed by atoms with E-state index >= 15 is 0 Å². The average molecular weight is 416 g/mol. The molecule has 0 unspecified atom stereocenters. The standard InChI is InChI=1S/C21H29N5O2S/c1-4-26-18(12-19(27)23-17-10-9-14(2)11-15(17)3)24-25-21(26)29-13-20(28)22-16-7-5-6-8-16/h9-11,16H,4-8,12-13H2,1-3H3,(H,22,28)(H,23,27). The van der Waals surface area contributed by atoms with Crippen molar-refractivity contribution in [2.75, 3.05) is 11.1 Å². The van der Waals surface area contributed by atoms with Crippen molar-refractivity contribution in [3.05, 3.63) is 35.2 Å². The predicted octanol–water partition coefficient (Wildman–Crippen LogP) is 3.25. The zero-order valence-corrected chi connectivity index (χ0v) is 18.1. The molecule has 156 valence electrons. The molecule has 7 nitrogen and oxygen atoms in total. The molecule has 2 aromatic rings. The first-order valence-corrected chi connectivity index (χ1v) is 11.2. The molecule has 3 rings (SSSR count). The first kappa shape index (κ1) is 21.4. The number of benzene rings is 1. The summed E-state index contributed by atoms with van der Waals surface area (Å²) >= 11 is 1.36. The van der Waals surface area contributed by atoms with Gasteiger partial charge in [0.2, 0.25) is 11.8 Å². The van der Waals surface area contributed by atoms with Crippen LogP contribution in [0.2, 0.25) is 0 Å². The number of carbonyl (C=O) groups excluding carboxylic acids is 2. The van der Waals surface area contributed by atoms with Crippen molar-refractivity contribution in [1.82, 2.24) is 20.1 Å². The van der Waals surface area contributed by atoms with E-state index in [9.17, 15) is 9.59 Å². The monoisotopic (exact) mass is 415 g/mol. The molecule has 8 heteroatoms. The predicted molar refractivity (Wildman–Crippen MR) is 115 cm³/mol. The van der Waals surface area contributed by atoms with Crippen LogP contribution in [0.4, 0.5) is 5.69 Å². The van der Waals surface area contributed by atoms with Crippen LogP contribution in [0.1, 0.15) is 49.6 Å². The molecule has 1 fully saturated rings. The van der Waals surface area contributed by atoms with Gasteiger partial charge in [0, 0.05) is 18.3 Å². The Labute approximate surface area is 176 Å². The van der Waals surface area contributed by atoms with Crippen molar-refractivity contribution in [3.63, 3.8) is 0 Å². The van der Waals surface area contributed by atoms with E-state index in [1.54, 1.807) is 0 Å². The van der Waals surface area contributed by atoms with Gasteiger partial charge in [-0.15, -0.1) is 10.2 Å². The zero-order chi connectivity index (χ0) is 20.8. The average Bonchev–Trinajstić information content (AvgIpc) is 3.32. The molecule has 0 saturated heterocycles. The quantitative estimate of drug-likeness (QED) is 0.646. The molecule has 0 aliphatic heterocycles. The summed E-state index contributed by atoms with van der Waals surface area (Å²) in [5, 5.41) is 15.1. The zero-order valence-electron chi connectivity index (χ0n) is 17.3. The molecular formula is C21H29N5O2S. The van der Waals surface area contributed by atoms with E-state index in [0.717, 1.165) is 29.7 Å². The number of anilines is 1. The maximum atomic E-state index is 12.5. The molecule has 0 radical (unpaired) electrons. The molecule has 1 heterocycles. The Hall–Kier alpha value is -2.35. The largest absolute Gasteiger partial charge is 0.353 e. The summed E-state index contributed by atoms with van der Waals surface area (Å²) in [5.74, 6) is 0.813. The molecule has 1 aliphatic carbocycles. The van der Waals surface area contributed by atoms with Gasteiger partial charge in [-0.05, 0) is 45.2 Å². The number of aromatic nitrogens is 3. The van der Waals surface area contributed by atoms with Gasteiger partial charge in [0.1, 0.15) is 5.82 Å². The number of hydrogen-bond donors (Lipinski definition) is 2. The van der Waals surface area contributed by atoms with Gasteiger partial charge in [-0.1, -0.05) is 42.3 Å². The minimum atomic E-state index is -0.130. The highest BCUT2D eigenvalue weighted by Gasteiger charge is 2.19. The van der Waals surface area contributed by atoms with E-state index in [1.165, 1.54) is 24.6 Å². The summed E-state index contributed by atoms with van der Waals surface area (Å²) in [6.07, 6.45) is 4.66. The highest BCUT2D eigenvalue weighted by molar-refractivity contribution is 7.99. The molecule has 2 N–H and O–H groups in total. The van der Waals surface area contributed by atoms with E-state index in [1.807, 2.05) is 43.5 Å². The first-order chi connectivity index (χ1) is 14.0. The molecule has 1 aliphatic rings. The topological polar surface area (TPSA) is 88.9 Å². The molecule has 0 atom stereocenters. The normalized spacial score (nSPS) is 14.2. The van der Waals surface area contributed by atoms with Gasteiger partial charge in [0.05, 0.1) is 12.2 Å².